The van der Waals surface area contributed by atoms with E-state index in [-0.39, 0.29) is 17.5 Å². The number of rotatable bonds is 1. The van der Waals surface area contributed by atoms with Gasteiger partial charge in [0.25, 0.3) is 0 Å². The molecule has 1 aromatic heterocycles. The third-order valence-corrected chi connectivity index (χ3v) is 3.38. The van der Waals surface area contributed by atoms with E-state index in [2.05, 4.69) is 9.97 Å². The first kappa shape index (κ1) is 10.7. The van der Waals surface area contributed by atoms with Gasteiger partial charge in [0, 0.05) is 18.0 Å². The summed E-state index contributed by atoms with van der Waals surface area (Å²) in [5.74, 6) is -0.254. The van der Waals surface area contributed by atoms with E-state index in [9.17, 15) is 8.78 Å². The topological polar surface area (TPSA) is 54.7 Å². The molecule has 3 nitrogen and oxygen atoms in total. The second kappa shape index (κ2) is 3.77. The number of hydrogen-bond donors (Lipinski definition) is 2. The van der Waals surface area contributed by atoms with Gasteiger partial charge in [-0.3, -0.25) is 0 Å². The number of nitrogens with zero attached hydrogens (tertiary/aromatic N) is 1. The predicted octanol–water partition coefficient (Wildman–Crippen LogP) is 2.44. The minimum absolute atomic E-state index is 0.190. The van der Waals surface area contributed by atoms with Gasteiger partial charge in [0.2, 0.25) is 0 Å². The van der Waals surface area contributed by atoms with Crippen molar-refractivity contribution >= 4 is 11.0 Å². The number of halogens is 2. The summed E-state index contributed by atoms with van der Waals surface area (Å²) in [5, 5.41) is 0. The molecule has 1 aliphatic rings. The van der Waals surface area contributed by atoms with Gasteiger partial charge < -0.3 is 10.7 Å². The highest BCUT2D eigenvalue weighted by Crippen LogP contribution is 2.33. The zero-order valence-electron chi connectivity index (χ0n) is 9.21. The number of aromatic nitrogens is 2. The van der Waals surface area contributed by atoms with Gasteiger partial charge >= 0.3 is 0 Å². The van der Waals surface area contributed by atoms with Crippen LogP contribution in [0.15, 0.2) is 12.1 Å². The first-order valence-corrected chi connectivity index (χ1v) is 5.73. The molecule has 3 rings (SSSR count). The summed E-state index contributed by atoms with van der Waals surface area (Å²) < 4.78 is 26.5. The molecule has 90 valence electrons. The number of nitrogens with one attached hydrogen (secondary N) is 1. The molecule has 0 amide bonds. The molecule has 1 saturated carbocycles. The van der Waals surface area contributed by atoms with Crippen molar-refractivity contribution in [3.8, 4) is 0 Å². The van der Waals surface area contributed by atoms with Gasteiger partial charge in [-0.25, -0.2) is 13.8 Å². The molecule has 0 aliphatic heterocycles. The fraction of sp³-hybridized carbons (Fsp3) is 0.417. The summed E-state index contributed by atoms with van der Waals surface area (Å²) in [6.07, 6.45) is 2.76. The van der Waals surface area contributed by atoms with Gasteiger partial charge in [-0.1, -0.05) is 0 Å². The summed E-state index contributed by atoms with van der Waals surface area (Å²) in [6.45, 7) is 0. The molecule has 2 aromatic rings. The van der Waals surface area contributed by atoms with Crippen LogP contribution in [-0.4, -0.2) is 16.0 Å². The Bertz CT molecular complexity index is 564. The molecular weight excluding hydrogens is 224 g/mol. The van der Waals surface area contributed by atoms with Gasteiger partial charge in [0.1, 0.15) is 17.2 Å². The number of hydrogen-bond acceptors (Lipinski definition) is 2. The third kappa shape index (κ3) is 1.80. The lowest BCUT2D eigenvalue weighted by atomic mass is 10.1. The van der Waals surface area contributed by atoms with Crippen molar-refractivity contribution in [1.29, 1.82) is 0 Å². The third-order valence-electron chi connectivity index (χ3n) is 3.38. The smallest absolute Gasteiger partial charge is 0.153 e. The Labute approximate surface area is 97.0 Å². The van der Waals surface area contributed by atoms with E-state index in [0.29, 0.717) is 5.52 Å². The van der Waals surface area contributed by atoms with Crippen molar-refractivity contribution in [2.24, 2.45) is 5.73 Å². The Morgan fingerprint density at radius 2 is 2.12 bits per heavy atom. The second-order valence-electron chi connectivity index (χ2n) is 4.68. The molecule has 0 radical (unpaired) electrons. The van der Waals surface area contributed by atoms with Gasteiger partial charge in [-0.15, -0.1) is 0 Å². The van der Waals surface area contributed by atoms with Crippen LogP contribution in [0.1, 0.15) is 31.0 Å². The maximum Gasteiger partial charge on any atom is 0.153 e. The lowest BCUT2D eigenvalue weighted by Gasteiger charge is -2.04. The van der Waals surface area contributed by atoms with Crippen molar-refractivity contribution in [2.45, 2.75) is 31.2 Å². The van der Waals surface area contributed by atoms with Gasteiger partial charge in [0.15, 0.2) is 5.82 Å². The van der Waals surface area contributed by atoms with Crippen LogP contribution in [0.25, 0.3) is 11.0 Å². The van der Waals surface area contributed by atoms with Crippen LogP contribution < -0.4 is 5.73 Å². The maximum absolute atomic E-state index is 13.5. The molecule has 0 spiro atoms. The quantitative estimate of drug-likeness (QED) is 0.800. The Kier molecular flexibility index (Phi) is 2.36. The number of fused-ring (bicyclic) bond motifs is 1. The van der Waals surface area contributed by atoms with E-state index >= 15 is 0 Å². The molecule has 1 aromatic carbocycles. The molecule has 0 bridgehead atoms. The maximum atomic E-state index is 13.5. The lowest BCUT2D eigenvalue weighted by molar-refractivity contribution is 0.590. The minimum atomic E-state index is -0.621. The van der Waals surface area contributed by atoms with Crippen molar-refractivity contribution in [1.82, 2.24) is 9.97 Å². The standard InChI is InChI=1S/C12H13F2N3/c13-7-4-9(14)11-10(5-7)16-12(17-11)6-1-2-8(15)3-6/h4-6,8H,1-3,15H2,(H,16,17). The summed E-state index contributed by atoms with van der Waals surface area (Å²) in [7, 11) is 0. The SMILES string of the molecule is NC1CCC(c2nc3c(F)cc(F)cc3[nH]2)C1. The zero-order chi connectivity index (χ0) is 12.0. The van der Waals surface area contributed by atoms with E-state index in [1.54, 1.807) is 0 Å². The summed E-state index contributed by atoms with van der Waals surface area (Å²) in [6, 6.07) is 2.31. The summed E-state index contributed by atoms with van der Waals surface area (Å²) in [5.41, 5.74) is 6.46. The average Bonchev–Trinajstić information content (AvgIpc) is 2.83. The molecular formula is C12H13F2N3. The van der Waals surface area contributed by atoms with E-state index in [1.165, 1.54) is 6.07 Å². The number of imidazole rings is 1. The van der Waals surface area contributed by atoms with Crippen LogP contribution in [0.4, 0.5) is 8.78 Å². The van der Waals surface area contributed by atoms with Gasteiger partial charge in [-0.05, 0) is 25.3 Å². The molecule has 2 unspecified atom stereocenters. The second-order valence-corrected chi connectivity index (χ2v) is 4.68. The van der Waals surface area contributed by atoms with E-state index < -0.39 is 11.6 Å². The van der Waals surface area contributed by atoms with E-state index in [0.717, 1.165) is 31.2 Å². The van der Waals surface area contributed by atoms with Crippen molar-refractivity contribution in [3.63, 3.8) is 0 Å². The highest BCUT2D eigenvalue weighted by molar-refractivity contribution is 5.75. The summed E-state index contributed by atoms with van der Waals surface area (Å²) in [4.78, 5) is 7.21. The Balaban J connectivity index is 2.04. The predicted molar refractivity (Wildman–Crippen MR) is 60.6 cm³/mol. The molecule has 1 heterocycles. The largest absolute Gasteiger partial charge is 0.342 e. The fourth-order valence-electron chi connectivity index (χ4n) is 2.52. The number of benzene rings is 1. The average molecular weight is 237 g/mol. The molecule has 1 fully saturated rings. The van der Waals surface area contributed by atoms with Gasteiger partial charge in [-0.2, -0.15) is 0 Å². The van der Waals surface area contributed by atoms with E-state index in [1.807, 2.05) is 0 Å². The Morgan fingerprint density at radius 3 is 2.82 bits per heavy atom. The van der Waals surface area contributed by atoms with Crippen LogP contribution in [0.5, 0.6) is 0 Å². The van der Waals surface area contributed by atoms with Crippen molar-refractivity contribution in [3.05, 3.63) is 29.6 Å². The molecule has 0 saturated heterocycles. The van der Waals surface area contributed by atoms with Crippen LogP contribution in [-0.2, 0) is 0 Å². The first-order valence-electron chi connectivity index (χ1n) is 5.73. The number of aromatic amines is 1. The molecule has 5 heteroatoms. The van der Waals surface area contributed by atoms with Gasteiger partial charge in [0.05, 0.1) is 5.52 Å². The monoisotopic (exact) mass is 237 g/mol. The number of H-pyrrole nitrogens is 1. The molecule has 17 heavy (non-hydrogen) atoms. The Morgan fingerprint density at radius 1 is 1.29 bits per heavy atom. The van der Waals surface area contributed by atoms with Crippen molar-refractivity contribution < 1.29 is 8.78 Å². The first-order chi connectivity index (χ1) is 8.13. The van der Waals surface area contributed by atoms with Crippen LogP contribution in [0.2, 0.25) is 0 Å². The van der Waals surface area contributed by atoms with Crippen LogP contribution in [0, 0.1) is 11.6 Å². The highest BCUT2D eigenvalue weighted by atomic mass is 19.1. The molecule has 2 atom stereocenters. The molecule has 3 N–H and O–H groups in total. The summed E-state index contributed by atoms with van der Waals surface area (Å²) >= 11 is 0. The van der Waals surface area contributed by atoms with E-state index in [4.69, 9.17) is 5.73 Å². The van der Waals surface area contributed by atoms with Crippen molar-refractivity contribution in [2.75, 3.05) is 0 Å². The lowest BCUT2D eigenvalue weighted by Crippen LogP contribution is -2.14. The van der Waals surface area contributed by atoms with Crippen LogP contribution in [0.3, 0.4) is 0 Å². The zero-order valence-corrected chi connectivity index (χ0v) is 9.21. The fourth-order valence-corrected chi connectivity index (χ4v) is 2.52. The normalized spacial score (nSPS) is 24.6. The van der Waals surface area contributed by atoms with Crippen LogP contribution >= 0.6 is 0 Å². The minimum Gasteiger partial charge on any atom is -0.342 e. The number of nitrogens with two attached hydrogens (primary N) is 1. The Hall–Kier alpha value is -1.49. The highest BCUT2D eigenvalue weighted by Gasteiger charge is 2.26. The molecule has 1 aliphatic carbocycles.